The van der Waals surface area contributed by atoms with E-state index in [0.29, 0.717) is 16.7 Å². The van der Waals surface area contributed by atoms with Crippen LogP contribution in [0, 0.1) is 46.3 Å². The quantitative estimate of drug-likeness (QED) is 0.463. The molecule has 1 aliphatic heterocycles. The Balaban J connectivity index is 1.48. The first kappa shape index (κ1) is 15.5. The number of rotatable bonds is 0. The van der Waals surface area contributed by atoms with Crippen LogP contribution in [0.5, 0.6) is 0 Å². The maximum Gasteiger partial charge on any atom is 0.309 e. The highest BCUT2D eigenvalue weighted by atomic mass is 16.6. The third-order valence-electron chi connectivity index (χ3n) is 9.47. The molecular formula is C22H32O2. The minimum atomic E-state index is 0.0693. The van der Waals surface area contributed by atoms with Crippen molar-refractivity contribution < 1.29 is 9.53 Å². The number of carbonyl (C=O) groups is 1. The summed E-state index contributed by atoms with van der Waals surface area (Å²) in [5, 5.41) is 0. The molecule has 9 atom stereocenters. The molecule has 0 spiro atoms. The fraction of sp³-hybridized carbons (Fsp3) is 0.864. The van der Waals surface area contributed by atoms with E-state index in [4.69, 9.17) is 4.74 Å². The Hall–Kier alpha value is -0.790. The van der Waals surface area contributed by atoms with Crippen LogP contribution in [0.2, 0.25) is 0 Å². The van der Waals surface area contributed by atoms with Gasteiger partial charge in [-0.25, -0.2) is 0 Å². The SMILES string of the molecule is CC1C(=O)O[C@H]2C[C@H]3[C@@H]4CC[C@H]5CC=CC[C@]5(C)[C@H]4CC[C@]3(C)[C@@H]12. The summed E-state index contributed by atoms with van der Waals surface area (Å²) >= 11 is 0. The average Bonchev–Trinajstić information content (AvgIpc) is 3.00. The monoisotopic (exact) mass is 328 g/mol. The first-order valence-corrected chi connectivity index (χ1v) is 10.3. The Labute approximate surface area is 146 Å². The van der Waals surface area contributed by atoms with E-state index in [1.807, 2.05) is 0 Å². The summed E-state index contributed by atoms with van der Waals surface area (Å²) in [6.07, 6.45) is 14.4. The van der Waals surface area contributed by atoms with Crippen molar-refractivity contribution in [1.82, 2.24) is 0 Å². The fourth-order valence-corrected chi connectivity index (χ4v) is 8.28. The molecule has 4 fully saturated rings. The van der Waals surface area contributed by atoms with Crippen LogP contribution in [0.15, 0.2) is 12.2 Å². The largest absolute Gasteiger partial charge is 0.462 e. The summed E-state index contributed by atoms with van der Waals surface area (Å²) in [4.78, 5) is 12.1. The molecular weight excluding hydrogens is 296 g/mol. The number of hydrogen-bond acceptors (Lipinski definition) is 2. The average molecular weight is 328 g/mol. The van der Waals surface area contributed by atoms with Crippen molar-refractivity contribution in [2.75, 3.05) is 0 Å². The Bertz CT molecular complexity index is 595. The fourth-order valence-electron chi connectivity index (χ4n) is 8.28. The Kier molecular flexibility index (Phi) is 3.15. The highest BCUT2D eigenvalue weighted by molar-refractivity contribution is 5.75. The lowest BCUT2D eigenvalue weighted by atomic mass is 9.45. The third kappa shape index (κ3) is 1.76. The lowest BCUT2D eigenvalue weighted by Gasteiger charge is -2.59. The number of allylic oxidation sites excluding steroid dienone is 2. The first-order valence-electron chi connectivity index (χ1n) is 10.3. The Morgan fingerprint density at radius 2 is 1.92 bits per heavy atom. The van der Waals surface area contributed by atoms with Crippen LogP contribution in [0.3, 0.4) is 0 Å². The molecule has 0 radical (unpaired) electrons. The van der Waals surface area contributed by atoms with Gasteiger partial charge in [0.15, 0.2) is 0 Å². The predicted molar refractivity (Wildman–Crippen MR) is 94.2 cm³/mol. The first-order chi connectivity index (χ1) is 11.4. The van der Waals surface area contributed by atoms with Crippen molar-refractivity contribution in [2.45, 2.75) is 71.8 Å². The van der Waals surface area contributed by atoms with Gasteiger partial charge in [0.1, 0.15) is 6.10 Å². The lowest BCUT2D eigenvalue weighted by Crippen LogP contribution is -2.52. The van der Waals surface area contributed by atoms with Gasteiger partial charge in [-0.15, -0.1) is 0 Å². The van der Waals surface area contributed by atoms with Crippen molar-refractivity contribution >= 4 is 5.97 Å². The standard InChI is InChI=1S/C22H32O2/c1-13-19-18(24-20(13)23)12-17-15-8-7-14-6-4-5-10-21(14,2)16(15)9-11-22(17,19)3/h4-5,13-19H,6-12H2,1-3H3/t13?,14-,15-,16+,17+,18+,19+,21+,22+/m1/s1. The van der Waals surface area contributed by atoms with Gasteiger partial charge in [-0.1, -0.05) is 32.9 Å². The molecule has 0 N–H and O–H groups in total. The second kappa shape index (κ2) is 4.89. The molecule has 5 aliphatic rings. The Morgan fingerprint density at radius 3 is 2.75 bits per heavy atom. The van der Waals surface area contributed by atoms with Gasteiger partial charge in [0.2, 0.25) is 0 Å². The van der Waals surface area contributed by atoms with Crippen molar-refractivity contribution in [3.8, 4) is 0 Å². The van der Waals surface area contributed by atoms with E-state index in [0.717, 1.165) is 30.1 Å². The number of esters is 1. The van der Waals surface area contributed by atoms with Crippen LogP contribution in [-0.2, 0) is 9.53 Å². The van der Waals surface area contributed by atoms with Crippen molar-refractivity contribution in [3.63, 3.8) is 0 Å². The van der Waals surface area contributed by atoms with Crippen molar-refractivity contribution in [1.29, 1.82) is 0 Å². The molecule has 0 aromatic heterocycles. The predicted octanol–water partition coefficient (Wildman–Crippen LogP) is 4.98. The topological polar surface area (TPSA) is 26.3 Å². The van der Waals surface area contributed by atoms with Gasteiger partial charge in [0.25, 0.3) is 0 Å². The maximum absolute atomic E-state index is 12.1. The van der Waals surface area contributed by atoms with Gasteiger partial charge in [-0.2, -0.15) is 0 Å². The molecule has 24 heavy (non-hydrogen) atoms. The molecule has 0 aromatic rings. The third-order valence-corrected chi connectivity index (χ3v) is 9.47. The Morgan fingerprint density at radius 1 is 1.08 bits per heavy atom. The van der Waals surface area contributed by atoms with Crippen LogP contribution >= 0.6 is 0 Å². The zero-order valence-corrected chi connectivity index (χ0v) is 15.5. The number of ether oxygens (including phenoxy) is 1. The maximum atomic E-state index is 12.1. The van der Waals surface area contributed by atoms with Crippen LogP contribution in [0.25, 0.3) is 0 Å². The van der Waals surface area contributed by atoms with E-state index in [9.17, 15) is 4.79 Å². The number of hydrogen-bond donors (Lipinski definition) is 0. The zero-order chi connectivity index (χ0) is 16.7. The summed E-state index contributed by atoms with van der Waals surface area (Å²) in [6, 6.07) is 0. The summed E-state index contributed by atoms with van der Waals surface area (Å²) in [7, 11) is 0. The minimum Gasteiger partial charge on any atom is -0.462 e. The van der Waals surface area contributed by atoms with E-state index in [2.05, 4.69) is 32.9 Å². The van der Waals surface area contributed by atoms with Gasteiger partial charge in [0, 0.05) is 5.92 Å². The van der Waals surface area contributed by atoms with E-state index >= 15 is 0 Å². The zero-order valence-electron chi connectivity index (χ0n) is 15.5. The minimum absolute atomic E-state index is 0.0693. The molecule has 2 nitrogen and oxygen atoms in total. The molecule has 3 saturated carbocycles. The molecule has 1 saturated heterocycles. The van der Waals surface area contributed by atoms with E-state index in [1.54, 1.807) is 0 Å². The van der Waals surface area contributed by atoms with Gasteiger partial charge in [-0.05, 0) is 79.4 Å². The van der Waals surface area contributed by atoms with Gasteiger partial charge in [-0.3, -0.25) is 4.79 Å². The summed E-state index contributed by atoms with van der Waals surface area (Å²) in [5.41, 5.74) is 0.865. The number of fused-ring (bicyclic) bond motifs is 7. The molecule has 2 heteroatoms. The second-order valence-corrected chi connectivity index (χ2v) is 10.1. The summed E-state index contributed by atoms with van der Waals surface area (Å²) in [5.74, 6) is 4.12. The smallest absolute Gasteiger partial charge is 0.309 e. The molecule has 0 aromatic carbocycles. The van der Waals surface area contributed by atoms with Gasteiger partial charge < -0.3 is 4.74 Å². The van der Waals surface area contributed by atoms with Crippen molar-refractivity contribution in [3.05, 3.63) is 12.2 Å². The highest BCUT2D eigenvalue weighted by Crippen LogP contribution is 2.69. The van der Waals surface area contributed by atoms with E-state index < -0.39 is 0 Å². The summed E-state index contributed by atoms with van der Waals surface area (Å²) < 4.78 is 5.82. The van der Waals surface area contributed by atoms with Gasteiger partial charge >= 0.3 is 5.97 Å². The molecule has 0 amide bonds. The molecule has 5 rings (SSSR count). The molecule has 1 unspecified atom stereocenters. The lowest BCUT2D eigenvalue weighted by molar-refractivity contribution is -0.146. The van der Waals surface area contributed by atoms with Crippen LogP contribution < -0.4 is 0 Å². The van der Waals surface area contributed by atoms with Gasteiger partial charge in [0.05, 0.1) is 5.92 Å². The van der Waals surface area contributed by atoms with Crippen LogP contribution in [0.1, 0.15) is 65.7 Å². The number of carbonyl (C=O) groups excluding carboxylic acids is 1. The molecule has 132 valence electrons. The highest BCUT2D eigenvalue weighted by Gasteiger charge is 2.65. The molecule has 1 heterocycles. The molecule has 0 bridgehead atoms. The van der Waals surface area contributed by atoms with Crippen LogP contribution in [-0.4, -0.2) is 12.1 Å². The second-order valence-electron chi connectivity index (χ2n) is 10.1. The van der Waals surface area contributed by atoms with Crippen LogP contribution in [0.4, 0.5) is 0 Å². The normalized spacial score (nSPS) is 58.5. The molecule has 4 aliphatic carbocycles. The van der Waals surface area contributed by atoms with E-state index in [1.165, 1.54) is 38.5 Å². The van der Waals surface area contributed by atoms with Crippen molar-refractivity contribution in [2.24, 2.45) is 46.3 Å². The summed E-state index contributed by atoms with van der Waals surface area (Å²) in [6.45, 7) is 7.22. The van der Waals surface area contributed by atoms with E-state index in [-0.39, 0.29) is 18.0 Å².